The van der Waals surface area contributed by atoms with Crippen LogP contribution in [0.5, 0.6) is 0 Å². The van der Waals surface area contributed by atoms with E-state index in [0.717, 1.165) is 32.7 Å². The fourth-order valence-corrected chi connectivity index (χ4v) is 2.75. The van der Waals surface area contributed by atoms with Gasteiger partial charge in [-0.3, -0.25) is 4.79 Å². The largest absolute Gasteiger partial charge is 0.464 e. The third-order valence-corrected chi connectivity index (χ3v) is 3.90. The molecule has 0 aliphatic heterocycles. The lowest BCUT2D eigenvalue weighted by Crippen LogP contribution is -2.26. The SMILES string of the molecule is COC(=O)C(C)=NN(C)C(=O)Cc1c(C)oc2cc(C)cc(C)c12. The number of carbonyl (C=O) groups excluding carboxylic acids is 2. The summed E-state index contributed by atoms with van der Waals surface area (Å²) in [6.45, 7) is 7.36. The molecule has 6 nitrogen and oxygen atoms in total. The van der Waals surface area contributed by atoms with Gasteiger partial charge in [0.2, 0.25) is 5.91 Å². The molecule has 0 atom stereocenters. The Bertz CT molecular complexity index is 833. The second kappa shape index (κ2) is 6.86. The van der Waals surface area contributed by atoms with E-state index in [1.54, 1.807) is 0 Å². The van der Waals surface area contributed by atoms with E-state index in [0.29, 0.717) is 5.76 Å². The molecule has 1 aromatic heterocycles. The topological polar surface area (TPSA) is 72.1 Å². The van der Waals surface area contributed by atoms with Gasteiger partial charge >= 0.3 is 5.97 Å². The molecule has 1 aromatic carbocycles. The number of benzene rings is 1. The molecule has 0 aliphatic carbocycles. The molecule has 0 N–H and O–H groups in total. The first kappa shape index (κ1) is 17.7. The summed E-state index contributed by atoms with van der Waals surface area (Å²) in [7, 11) is 2.79. The summed E-state index contributed by atoms with van der Waals surface area (Å²) in [5, 5.41) is 6.10. The van der Waals surface area contributed by atoms with Crippen molar-refractivity contribution in [3.05, 3.63) is 34.6 Å². The summed E-state index contributed by atoms with van der Waals surface area (Å²) < 4.78 is 10.4. The minimum atomic E-state index is -0.564. The van der Waals surface area contributed by atoms with Gasteiger partial charge in [-0.2, -0.15) is 5.10 Å². The number of hydrogen-bond donors (Lipinski definition) is 0. The summed E-state index contributed by atoms with van der Waals surface area (Å²) in [4.78, 5) is 23.8. The maximum Gasteiger partial charge on any atom is 0.353 e. The zero-order chi connectivity index (χ0) is 18.0. The van der Waals surface area contributed by atoms with E-state index in [1.807, 2.05) is 26.8 Å². The predicted octanol–water partition coefficient (Wildman–Crippen LogP) is 2.91. The van der Waals surface area contributed by atoms with E-state index in [-0.39, 0.29) is 18.0 Å². The van der Waals surface area contributed by atoms with Crippen molar-refractivity contribution in [2.24, 2.45) is 5.10 Å². The van der Waals surface area contributed by atoms with Crippen LogP contribution in [-0.4, -0.2) is 36.8 Å². The molecule has 6 heteroatoms. The normalized spacial score (nSPS) is 11.7. The number of aryl methyl sites for hydroxylation is 3. The molecule has 128 valence electrons. The van der Waals surface area contributed by atoms with E-state index in [9.17, 15) is 9.59 Å². The number of nitrogens with zero attached hydrogens (tertiary/aromatic N) is 2. The van der Waals surface area contributed by atoms with Crippen molar-refractivity contribution in [1.29, 1.82) is 0 Å². The van der Waals surface area contributed by atoms with Crippen molar-refractivity contribution < 1.29 is 18.7 Å². The molecule has 0 spiro atoms. The molecule has 24 heavy (non-hydrogen) atoms. The van der Waals surface area contributed by atoms with Gasteiger partial charge in [0.05, 0.1) is 13.5 Å². The van der Waals surface area contributed by atoms with Crippen LogP contribution in [0.4, 0.5) is 0 Å². The lowest BCUT2D eigenvalue weighted by atomic mass is 10.0. The highest BCUT2D eigenvalue weighted by Gasteiger charge is 2.19. The van der Waals surface area contributed by atoms with Crippen LogP contribution in [0.15, 0.2) is 21.7 Å². The molecule has 2 rings (SSSR count). The average Bonchev–Trinajstić information content (AvgIpc) is 2.81. The molecular weight excluding hydrogens is 308 g/mol. The van der Waals surface area contributed by atoms with Crippen molar-refractivity contribution in [1.82, 2.24) is 5.01 Å². The monoisotopic (exact) mass is 330 g/mol. The van der Waals surface area contributed by atoms with Gasteiger partial charge in [0, 0.05) is 18.0 Å². The van der Waals surface area contributed by atoms with E-state index >= 15 is 0 Å². The number of fused-ring (bicyclic) bond motifs is 1. The maximum atomic E-state index is 12.5. The Kier molecular flexibility index (Phi) is 5.07. The van der Waals surface area contributed by atoms with Crippen LogP contribution in [0.3, 0.4) is 0 Å². The van der Waals surface area contributed by atoms with E-state index in [4.69, 9.17) is 4.42 Å². The van der Waals surface area contributed by atoms with Crippen LogP contribution in [0.25, 0.3) is 11.0 Å². The number of methoxy groups -OCH3 is 1. The summed E-state index contributed by atoms with van der Waals surface area (Å²) in [5.41, 5.74) is 3.94. The van der Waals surface area contributed by atoms with Crippen LogP contribution in [-0.2, 0) is 20.7 Å². The standard InChI is InChI=1S/C18H22N2O4/c1-10-7-11(2)17-14(13(4)24-15(17)8-10)9-16(21)20(5)19-12(3)18(22)23-6/h7-8H,9H2,1-6H3. The summed E-state index contributed by atoms with van der Waals surface area (Å²) in [6, 6.07) is 4.03. The third kappa shape index (κ3) is 3.48. The molecule has 0 aliphatic rings. The summed E-state index contributed by atoms with van der Waals surface area (Å²) in [5.74, 6) is -0.0796. The van der Waals surface area contributed by atoms with Crippen molar-refractivity contribution in [2.75, 3.05) is 14.2 Å². The Labute approximate surface area is 141 Å². The van der Waals surface area contributed by atoms with Gasteiger partial charge in [-0.1, -0.05) is 6.07 Å². The summed E-state index contributed by atoms with van der Waals surface area (Å²) in [6.07, 6.45) is 0.150. The highest BCUT2D eigenvalue weighted by atomic mass is 16.5. The fraction of sp³-hybridized carbons (Fsp3) is 0.389. The quantitative estimate of drug-likeness (QED) is 0.491. The van der Waals surface area contributed by atoms with Gasteiger partial charge in [-0.25, -0.2) is 9.80 Å². The maximum absolute atomic E-state index is 12.5. The first-order chi connectivity index (χ1) is 11.2. The first-order valence-electron chi connectivity index (χ1n) is 7.64. The molecule has 1 amide bonds. The van der Waals surface area contributed by atoms with Crippen LogP contribution >= 0.6 is 0 Å². The third-order valence-electron chi connectivity index (χ3n) is 3.90. The molecule has 0 fully saturated rings. The number of furan rings is 1. The van der Waals surface area contributed by atoms with Crippen LogP contribution in [0.2, 0.25) is 0 Å². The van der Waals surface area contributed by atoms with E-state index in [1.165, 1.54) is 21.1 Å². The van der Waals surface area contributed by atoms with Crippen molar-refractivity contribution >= 4 is 28.6 Å². The van der Waals surface area contributed by atoms with Crippen molar-refractivity contribution in [3.8, 4) is 0 Å². The van der Waals surface area contributed by atoms with Gasteiger partial charge in [-0.15, -0.1) is 0 Å². The number of amides is 1. The first-order valence-corrected chi connectivity index (χ1v) is 7.64. The van der Waals surface area contributed by atoms with Crippen LogP contribution in [0.1, 0.15) is 29.4 Å². The van der Waals surface area contributed by atoms with Gasteiger partial charge in [0.1, 0.15) is 17.1 Å². The zero-order valence-corrected chi connectivity index (χ0v) is 14.9. The number of ether oxygens (including phenoxy) is 1. The number of esters is 1. The fourth-order valence-electron chi connectivity index (χ4n) is 2.75. The van der Waals surface area contributed by atoms with Crippen molar-refractivity contribution in [2.45, 2.75) is 34.1 Å². The Balaban J connectivity index is 2.31. The van der Waals surface area contributed by atoms with Crippen molar-refractivity contribution in [3.63, 3.8) is 0 Å². The molecule has 0 bridgehead atoms. The van der Waals surface area contributed by atoms with E-state index in [2.05, 4.69) is 15.9 Å². The molecule has 1 heterocycles. The summed E-state index contributed by atoms with van der Waals surface area (Å²) >= 11 is 0. The Hall–Kier alpha value is -2.63. The average molecular weight is 330 g/mol. The lowest BCUT2D eigenvalue weighted by Gasteiger charge is -2.12. The molecule has 2 aromatic rings. The van der Waals surface area contributed by atoms with Gasteiger partial charge in [-0.05, 0) is 44.9 Å². The second-order valence-electron chi connectivity index (χ2n) is 5.86. The number of hydrogen-bond acceptors (Lipinski definition) is 5. The molecule has 0 unspecified atom stereocenters. The zero-order valence-electron chi connectivity index (χ0n) is 14.9. The molecule has 0 saturated carbocycles. The molecule has 0 saturated heterocycles. The Morgan fingerprint density at radius 3 is 2.54 bits per heavy atom. The van der Waals surface area contributed by atoms with E-state index < -0.39 is 5.97 Å². The van der Waals surface area contributed by atoms with Crippen LogP contribution in [0, 0.1) is 20.8 Å². The minimum absolute atomic E-state index is 0.119. The Morgan fingerprint density at radius 1 is 1.25 bits per heavy atom. The highest BCUT2D eigenvalue weighted by molar-refractivity contribution is 6.35. The van der Waals surface area contributed by atoms with Gasteiger partial charge in [0.25, 0.3) is 0 Å². The second-order valence-corrected chi connectivity index (χ2v) is 5.86. The number of carbonyl (C=O) groups is 2. The molecule has 0 radical (unpaired) electrons. The molecular formula is C18H22N2O4. The minimum Gasteiger partial charge on any atom is -0.464 e. The van der Waals surface area contributed by atoms with Gasteiger partial charge in [0.15, 0.2) is 0 Å². The lowest BCUT2D eigenvalue weighted by molar-refractivity contribution is -0.132. The number of likely N-dealkylation sites (N-methyl/N-ethyl adjacent to an activating group) is 1. The number of rotatable bonds is 4. The number of hydrazone groups is 1. The Morgan fingerprint density at radius 2 is 1.92 bits per heavy atom. The van der Waals surface area contributed by atoms with Gasteiger partial charge < -0.3 is 9.15 Å². The predicted molar refractivity (Wildman–Crippen MR) is 92.0 cm³/mol. The van der Waals surface area contributed by atoms with Crippen LogP contribution < -0.4 is 0 Å². The smallest absolute Gasteiger partial charge is 0.353 e. The highest BCUT2D eigenvalue weighted by Crippen LogP contribution is 2.30.